The molecule has 0 saturated carbocycles. The Morgan fingerprint density at radius 2 is 1.89 bits per heavy atom. The first kappa shape index (κ1) is 15.8. The summed E-state index contributed by atoms with van der Waals surface area (Å²) >= 11 is 0. The van der Waals surface area contributed by atoms with Gasteiger partial charge in [-0.05, 0) is 38.1 Å². The van der Waals surface area contributed by atoms with E-state index in [1.54, 1.807) is 32.4 Å². The van der Waals surface area contributed by atoms with Crippen LogP contribution in [0.15, 0.2) is 18.2 Å². The van der Waals surface area contributed by atoms with Gasteiger partial charge >= 0.3 is 0 Å². The largest absolute Gasteiger partial charge is 0.497 e. The van der Waals surface area contributed by atoms with Crippen LogP contribution in [0.3, 0.4) is 0 Å². The van der Waals surface area contributed by atoms with E-state index in [2.05, 4.69) is 5.32 Å². The SMILES string of the molecule is COc1ccc(C(=O)C2CCNCC2)c(OC)c1.Cl. The van der Waals surface area contributed by atoms with Crippen molar-refractivity contribution in [1.29, 1.82) is 0 Å². The topological polar surface area (TPSA) is 47.6 Å². The van der Waals surface area contributed by atoms with Crippen molar-refractivity contribution in [2.45, 2.75) is 12.8 Å². The van der Waals surface area contributed by atoms with Crippen LogP contribution in [0.1, 0.15) is 23.2 Å². The van der Waals surface area contributed by atoms with Crippen molar-refractivity contribution >= 4 is 18.2 Å². The van der Waals surface area contributed by atoms with Crippen LogP contribution in [0.2, 0.25) is 0 Å². The van der Waals surface area contributed by atoms with Gasteiger partial charge in [0.2, 0.25) is 0 Å². The van der Waals surface area contributed by atoms with Crippen LogP contribution in [-0.2, 0) is 0 Å². The van der Waals surface area contributed by atoms with Crippen molar-refractivity contribution < 1.29 is 14.3 Å². The van der Waals surface area contributed by atoms with E-state index >= 15 is 0 Å². The Morgan fingerprint density at radius 3 is 2.47 bits per heavy atom. The molecule has 0 aromatic heterocycles. The zero-order valence-electron chi connectivity index (χ0n) is 11.3. The molecule has 1 saturated heterocycles. The summed E-state index contributed by atoms with van der Waals surface area (Å²) in [6.07, 6.45) is 1.79. The standard InChI is InChI=1S/C14H19NO3.ClH/c1-17-11-3-4-12(13(9-11)18-2)14(16)10-5-7-15-8-6-10;/h3-4,9-10,15H,5-8H2,1-2H3;1H. The van der Waals surface area contributed by atoms with E-state index in [0.29, 0.717) is 17.1 Å². The predicted octanol–water partition coefficient (Wildman–Crippen LogP) is 2.31. The molecule has 0 radical (unpaired) electrons. The monoisotopic (exact) mass is 285 g/mol. The number of nitrogens with one attached hydrogen (secondary N) is 1. The normalized spacial score (nSPS) is 15.5. The van der Waals surface area contributed by atoms with Crippen LogP contribution in [0.25, 0.3) is 0 Å². The second kappa shape index (κ2) is 7.36. The molecule has 19 heavy (non-hydrogen) atoms. The van der Waals surface area contributed by atoms with Crippen molar-refractivity contribution in [2.24, 2.45) is 5.92 Å². The number of carbonyl (C=O) groups excluding carboxylic acids is 1. The Balaban J connectivity index is 0.00000180. The zero-order chi connectivity index (χ0) is 13.0. The van der Waals surface area contributed by atoms with Gasteiger partial charge in [-0.15, -0.1) is 12.4 Å². The molecule has 1 aromatic carbocycles. The number of piperidine rings is 1. The number of carbonyl (C=O) groups is 1. The summed E-state index contributed by atoms with van der Waals surface area (Å²) in [4.78, 5) is 12.4. The number of ketones is 1. The van der Waals surface area contributed by atoms with Gasteiger partial charge in [0.1, 0.15) is 11.5 Å². The highest BCUT2D eigenvalue weighted by Crippen LogP contribution is 2.28. The van der Waals surface area contributed by atoms with Gasteiger partial charge in [-0.3, -0.25) is 4.79 Å². The molecule has 5 heteroatoms. The lowest BCUT2D eigenvalue weighted by Crippen LogP contribution is -2.32. The highest BCUT2D eigenvalue weighted by atomic mass is 35.5. The maximum Gasteiger partial charge on any atom is 0.169 e. The van der Waals surface area contributed by atoms with Gasteiger partial charge in [-0.1, -0.05) is 0 Å². The summed E-state index contributed by atoms with van der Waals surface area (Å²) < 4.78 is 10.4. The third-order valence-electron chi connectivity index (χ3n) is 3.38. The molecule has 1 aliphatic rings. The number of halogens is 1. The van der Waals surface area contributed by atoms with Crippen molar-refractivity contribution in [2.75, 3.05) is 27.3 Å². The average Bonchev–Trinajstić information content (AvgIpc) is 2.46. The molecule has 1 aromatic rings. The Morgan fingerprint density at radius 1 is 1.21 bits per heavy atom. The van der Waals surface area contributed by atoms with Gasteiger partial charge in [-0.25, -0.2) is 0 Å². The van der Waals surface area contributed by atoms with E-state index in [1.165, 1.54) is 0 Å². The molecular weight excluding hydrogens is 266 g/mol. The number of hydrogen-bond donors (Lipinski definition) is 1. The minimum atomic E-state index is 0. The molecule has 0 aliphatic carbocycles. The summed E-state index contributed by atoms with van der Waals surface area (Å²) in [6.45, 7) is 1.82. The molecule has 4 nitrogen and oxygen atoms in total. The Bertz CT molecular complexity index is 431. The number of Topliss-reactive ketones (excluding diaryl/α,β-unsaturated/α-hetero) is 1. The third-order valence-corrected chi connectivity index (χ3v) is 3.38. The van der Waals surface area contributed by atoms with Gasteiger partial charge in [0, 0.05) is 12.0 Å². The maximum absolute atomic E-state index is 12.4. The maximum atomic E-state index is 12.4. The van der Waals surface area contributed by atoms with Crippen LogP contribution < -0.4 is 14.8 Å². The molecule has 0 unspecified atom stereocenters. The highest BCUT2D eigenvalue weighted by Gasteiger charge is 2.24. The van der Waals surface area contributed by atoms with Gasteiger partial charge in [0.15, 0.2) is 5.78 Å². The molecule has 106 valence electrons. The van der Waals surface area contributed by atoms with Gasteiger partial charge in [-0.2, -0.15) is 0 Å². The lowest BCUT2D eigenvalue weighted by molar-refractivity contribution is 0.0892. The predicted molar refractivity (Wildman–Crippen MR) is 76.7 cm³/mol. The van der Waals surface area contributed by atoms with E-state index in [9.17, 15) is 4.79 Å². The van der Waals surface area contributed by atoms with E-state index < -0.39 is 0 Å². The van der Waals surface area contributed by atoms with Crippen LogP contribution in [0, 0.1) is 5.92 Å². The van der Waals surface area contributed by atoms with Crippen molar-refractivity contribution in [3.05, 3.63) is 23.8 Å². The summed E-state index contributed by atoms with van der Waals surface area (Å²) in [5, 5.41) is 3.26. The molecule has 1 N–H and O–H groups in total. The number of hydrogen-bond acceptors (Lipinski definition) is 4. The minimum absolute atomic E-state index is 0. The van der Waals surface area contributed by atoms with Gasteiger partial charge in [0.25, 0.3) is 0 Å². The van der Waals surface area contributed by atoms with Crippen LogP contribution in [0.5, 0.6) is 11.5 Å². The van der Waals surface area contributed by atoms with Gasteiger partial charge in [0.05, 0.1) is 19.8 Å². The number of benzene rings is 1. The van der Waals surface area contributed by atoms with Crippen molar-refractivity contribution in [3.8, 4) is 11.5 Å². The second-order valence-corrected chi connectivity index (χ2v) is 4.45. The molecule has 1 fully saturated rings. The summed E-state index contributed by atoms with van der Waals surface area (Å²) in [5.41, 5.74) is 0.658. The number of methoxy groups -OCH3 is 2. The molecule has 1 heterocycles. The summed E-state index contributed by atoms with van der Waals surface area (Å²) in [7, 11) is 3.18. The number of ether oxygens (including phenoxy) is 2. The minimum Gasteiger partial charge on any atom is -0.497 e. The zero-order valence-corrected chi connectivity index (χ0v) is 12.1. The van der Waals surface area contributed by atoms with E-state index in [1.807, 2.05) is 0 Å². The Hall–Kier alpha value is -1.26. The molecule has 2 rings (SSSR count). The average molecular weight is 286 g/mol. The highest BCUT2D eigenvalue weighted by molar-refractivity contribution is 6.00. The van der Waals surface area contributed by atoms with Crippen LogP contribution >= 0.6 is 12.4 Å². The Labute approximate surface area is 119 Å². The first-order valence-electron chi connectivity index (χ1n) is 6.23. The molecule has 0 amide bonds. The lowest BCUT2D eigenvalue weighted by atomic mass is 9.89. The third kappa shape index (κ3) is 3.61. The quantitative estimate of drug-likeness (QED) is 0.863. The molecule has 0 bridgehead atoms. The first-order chi connectivity index (χ1) is 8.76. The molecule has 0 spiro atoms. The van der Waals surface area contributed by atoms with Crippen molar-refractivity contribution in [1.82, 2.24) is 5.32 Å². The summed E-state index contributed by atoms with van der Waals surface area (Å²) in [6, 6.07) is 5.35. The van der Waals surface area contributed by atoms with E-state index in [-0.39, 0.29) is 24.1 Å². The summed E-state index contributed by atoms with van der Waals surface area (Å²) in [5.74, 6) is 1.58. The fraction of sp³-hybridized carbons (Fsp3) is 0.500. The van der Waals surface area contributed by atoms with Crippen LogP contribution in [0.4, 0.5) is 0 Å². The number of rotatable bonds is 4. The molecular formula is C14H20ClNO3. The fourth-order valence-electron chi connectivity index (χ4n) is 2.31. The Kier molecular flexibility index (Phi) is 6.12. The smallest absolute Gasteiger partial charge is 0.169 e. The first-order valence-corrected chi connectivity index (χ1v) is 6.23. The molecule has 1 aliphatic heterocycles. The molecule has 0 atom stereocenters. The second-order valence-electron chi connectivity index (χ2n) is 4.45. The lowest BCUT2D eigenvalue weighted by Gasteiger charge is -2.22. The van der Waals surface area contributed by atoms with Crippen molar-refractivity contribution in [3.63, 3.8) is 0 Å². The van der Waals surface area contributed by atoms with Gasteiger partial charge < -0.3 is 14.8 Å². The van der Waals surface area contributed by atoms with E-state index in [0.717, 1.165) is 25.9 Å². The fourth-order valence-corrected chi connectivity index (χ4v) is 2.31. The van der Waals surface area contributed by atoms with Crippen LogP contribution in [-0.4, -0.2) is 33.1 Å². The van der Waals surface area contributed by atoms with E-state index in [4.69, 9.17) is 9.47 Å².